The molecule has 0 fully saturated rings. The number of primary amides is 1. The Morgan fingerprint density at radius 1 is 1.47 bits per heavy atom. The predicted molar refractivity (Wildman–Crippen MR) is 67.4 cm³/mol. The zero-order valence-corrected chi connectivity index (χ0v) is 10.8. The van der Waals surface area contributed by atoms with Gasteiger partial charge in [0, 0.05) is 10.0 Å². The molecule has 1 aromatic heterocycles. The molecule has 6 heteroatoms. The number of aromatic nitrogens is 3. The molecular weight excluding hydrogens is 284 g/mol. The zero-order chi connectivity index (χ0) is 12.4. The van der Waals surface area contributed by atoms with Crippen LogP contribution in [0.25, 0.3) is 11.3 Å². The lowest BCUT2D eigenvalue weighted by atomic mass is 10.0. The minimum Gasteiger partial charge on any atom is -0.364 e. The molecule has 17 heavy (non-hydrogen) atoms. The Balaban J connectivity index is 2.63. The molecule has 0 saturated carbocycles. The molecule has 0 spiro atoms. The number of amides is 1. The van der Waals surface area contributed by atoms with Gasteiger partial charge in [-0.1, -0.05) is 28.9 Å². The van der Waals surface area contributed by atoms with Gasteiger partial charge in [0.1, 0.15) is 5.69 Å². The molecule has 1 aromatic carbocycles. The van der Waals surface area contributed by atoms with Gasteiger partial charge in [0.2, 0.25) is 0 Å². The van der Waals surface area contributed by atoms with E-state index in [0.29, 0.717) is 5.69 Å². The van der Waals surface area contributed by atoms with Crippen LogP contribution in [-0.4, -0.2) is 21.3 Å². The van der Waals surface area contributed by atoms with Crippen molar-refractivity contribution in [2.45, 2.75) is 13.3 Å². The summed E-state index contributed by atoms with van der Waals surface area (Å²) in [6.07, 6.45) is 0.841. The molecule has 0 unspecified atom stereocenters. The molecule has 2 rings (SSSR count). The second-order valence-corrected chi connectivity index (χ2v) is 4.46. The minimum absolute atomic E-state index is 0.165. The lowest BCUT2D eigenvalue weighted by molar-refractivity contribution is 0.0996. The smallest absolute Gasteiger partial charge is 0.271 e. The number of H-pyrrole nitrogens is 1. The number of carbonyl (C=O) groups excluding carboxylic acids is 1. The fourth-order valence-electron chi connectivity index (χ4n) is 1.67. The lowest BCUT2D eigenvalue weighted by Crippen LogP contribution is -2.13. The molecule has 0 atom stereocenters. The molecule has 0 aliphatic carbocycles. The van der Waals surface area contributed by atoms with Crippen LogP contribution in [0.5, 0.6) is 0 Å². The molecule has 0 aliphatic heterocycles. The van der Waals surface area contributed by atoms with Gasteiger partial charge in [0.15, 0.2) is 5.69 Å². The summed E-state index contributed by atoms with van der Waals surface area (Å²) in [4.78, 5) is 11.2. The van der Waals surface area contributed by atoms with Gasteiger partial charge in [0.05, 0.1) is 0 Å². The van der Waals surface area contributed by atoms with Crippen LogP contribution < -0.4 is 5.73 Å². The first kappa shape index (κ1) is 11.8. The van der Waals surface area contributed by atoms with Gasteiger partial charge in [0.25, 0.3) is 5.91 Å². The van der Waals surface area contributed by atoms with Crippen molar-refractivity contribution in [3.05, 3.63) is 33.9 Å². The van der Waals surface area contributed by atoms with Gasteiger partial charge in [-0.05, 0) is 24.1 Å². The first-order valence-electron chi connectivity index (χ1n) is 5.12. The standard InChI is InChI=1S/C11H11BrN4O/c1-2-6-3-4-7(12)5-8(6)9-10(11(13)17)15-16-14-9/h3-5H,2H2,1H3,(H2,13,17)(H,14,15,16). The van der Waals surface area contributed by atoms with E-state index in [1.807, 2.05) is 25.1 Å². The third-order valence-corrected chi connectivity index (χ3v) is 2.98. The number of aromatic amines is 1. The van der Waals surface area contributed by atoms with E-state index in [9.17, 15) is 4.79 Å². The van der Waals surface area contributed by atoms with E-state index < -0.39 is 5.91 Å². The summed E-state index contributed by atoms with van der Waals surface area (Å²) in [6, 6.07) is 5.84. The maximum atomic E-state index is 11.2. The zero-order valence-electron chi connectivity index (χ0n) is 9.20. The van der Waals surface area contributed by atoms with E-state index in [4.69, 9.17) is 5.73 Å². The lowest BCUT2D eigenvalue weighted by Gasteiger charge is -2.06. The molecule has 1 amide bonds. The van der Waals surface area contributed by atoms with Crippen molar-refractivity contribution >= 4 is 21.8 Å². The highest BCUT2D eigenvalue weighted by molar-refractivity contribution is 9.10. The number of carbonyl (C=O) groups is 1. The Labute approximate surface area is 107 Å². The maximum Gasteiger partial charge on any atom is 0.271 e. The topological polar surface area (TPSA) is 84.7 Å². The number of hydrogen-bond acceptors (Lipinski definition) is 3. The van der Waals surface area contributed by atoms with Crippen molar-refractivity contribution in [3.63, 3.8) is 0 Å². The van der Waals surface area contributed by atoms with Crippen LogP contribution in [0.2, 0.25) is 0 Å². The Bertz CT molecular complexity index is 564. The van der Waals surface area contributed by atoms with Gasteiger partial charge < -0.3 is 5.73 Å². The summed E-state index contributed by atoms with van der Waals surface area (Å²) in [5.74, 6) is -0.587. The summed E-state index contributed by atoms with van der Waals surface area (Å²) >= 11 is 3.40. The summed E-state index contributed by atoms with van der Waals surface area (Å²) in [6.45, 7) is 2.04. The second-order valence-electron chi connectivity index (χ2n) is 3.54. The highest BCUT2D eigenvalue weighted by Gasteiger charge is 2.17. The van der Waals surface area contributed by atoms with E-state index in [-0.39, 0.29) is 5.69 Å². The Kier molecular flexibility index (Phi) is 3.23. The molecular formula is C11H11BrN4O. The number of rotatable bonds is 3. The number of halogens is 1. The Morgan fingerprint density at radius 2 is 2.24 bits per heavy atom. The molecule has 0 saturated heterocycles. The first-order valence-corrected chi connectivity index (χ1v) is 5.92. The van der Waals surface area contributed by atoms with E-state index in [0.717, 1.165) is 22.0 Å². The highest BCUT2D eigenvalue weighted by atomic mass is 79.9. The van der Waals surface area contributed by atoms with E-state index in [1.165, 1.54) is 0 Å². The number of nitrogens with zero attached hydrogens (tertiary/aromatic N) is 2. The normalized spacial score (nSPS) is 10.5. The first-order chi connectivity index (χ1) is 8.13. The van der Waals surface area contributed by atoms with Crippen LogP contribution in [-0.2, 0) is 6.42 Å². The second kappa shape index (κ2) is 4.67. The largest absolute Gasteiger partial charge is 0.364 e. The third-order valence-electron chi connectivity index (χ3n) is 2.49. The van der Waals surface area contributed by atoms with Crippen molar-refractivity contribution in [1.82, 2.24) is 15.4 Å². The van der Waals surface area contributed by atoms with Crippen LogP contribution >= 0.6 is 15.9 Å². The van der Waals surface area contributed by atoms with Crippen molar-refractivity contribution < 1.29 is 4.79 Å². The fraction of sp³-hybridized carbons (Fsp3) is 0.182. The fourth-order valence-corrected chi connectivity index (χ4v) is 2.03. The van der Waals surface area contributed by atoms with Crippen molar-refractivity contribution in [2.75, 3.05) is 0 Å². The van der Waals surface area contributed by atoms with Crippen molar-refractivity contribution in [3.8, 4) is 11.3 Å². The molecule has 0 aliphatic rings. The highest BCUT2D eigenvalue weighted by Crippen LogP contribution is 2.27. The van der Waals surface area contributed by atoms with Crippen LogP contribution in [0, 0.1) is 0 Å². The average Bonchev–Trinajstić information content (AvgIpc) is 2.77. The van der Waals surface area contributed by atoms with Crippen LogP contribution in [0.4, 0.5) is 0 Å². The van der Waals surface area contributed by atoms with Gasteiger partial charge in [-0.25, -0.2) is 0 Å². The van der Waals surface area contributed by atoms with Gasteiger partial charge in [-0.3, -0.25) is 4.79 Å². The van der Waals surface area contributed by atoms with Crippen molar-refractivity contribution in [1.29, 1.82) is 0 Å². The van der Waals surface area contributed by atoms with Crippen molar-refractivity contribution in [2.24, 2.45) is 5.73 Å². The van der Waals surface area contributed by atoms with Gasteiger partial charge >= 0.3 is 0 Å². The van der Waals surface area contributed by atoms with Crippen LogP contribution in [0.3, 0.4) is 0 Å². The summed E-state index contributed by atoms with van der Waals surface area (Å²) < 4.78 is 0.920. The number of hydrogen-bond donors (Lipinski definition) is 2. The van der Waals surface area contributed by atoms with E-state index in [1.54, 1.807) is 0 Å². The maximum absolute atomic E-state index is 11.2. The predicted octanol–water partition coefficient (Wildman–Crippen LogP) is 1.90. The summed E-state index contributed by atoms with van der Waals surface area (Å²) in [7, 11) is 0. The quantitative estimate of drug-likeness (QED) is 0.907. The van der Waals surface area contributed by atoms with Crippen LogP contribution in [0.15, 0.2) is 22.7 Å². The molecule has 5 nitrogen and oxygen atoms in total. The van der Waals surface area contributed by atoms with E-state index in [2.05, 4.69) is 31.3 Å². The molecule has 2 aromatic rings. The molecule has 0 radical (unpaired) electrons. The summed E-state index contributed by atoms with van der Waals surface area (Å²) in [5.41, 5.74) is 7.87. The van der Waals surface area contributed by atoms with E-state index >= 15 is 0 Å². The number of nitrogens with two attached hydrogens (primary N) is 1. The van der Waals surface area contributed by atoms with Crippen LogP contribution in [0.1, 0.15) is 23.0 Å². The average molecular weight is 295 g/mol. The molecule has 88 valence electrons. The van der Waals surface area contributed by atoms with Gasteiger partial charge in [-0.15, -0.1) is 0 Å². The number of benzene rings is 1. The molecule has 1 heterocycles. The van der Waals surface area contributed by atoms with Gasteiger partial charge in [-0.2, -0.15) is 15.4 Å². The third kappa shape index (κ3) is 2.21. The molecule has 3 N–H and O–H groups in total. The summed E-state index contributed by atoms with van der Waals surface area (Å²) in [5, 5.41) is 10.2. The minimum atomic E-state index is -0.587. The Hall–Kier alpha value is -1.69. The SMILES string of the molecule is CCc1ccc(Br)cc1-c1n[nH]nc1C(N)=O. The number of aryl methyl sites for hydroxylation is 1. The monoisotopic (exact) mass is 294 g/mol. The molecule has 0 bridgehead atoms. The number of nitrogens with one attached hydrogen (secondary N) is 1. The Morgan fingerprint density at radius 3 is 2.88 bits per heavy atom.